The normalized spacial score (nSPS) is 10.7. The quantitative estimate of drug-likeness (QED) is 0.683. The molecule has 2 heterocycles. The Morgan fingerprint density at radius 3 is 2.88 bits per heavy atom. The molecule has 134 valence electrons. The van der Waals surface area contributed by atoms with Crippen LogP contribution in [0.15, 0.2) is 41.6 Å². The fourth-order valence-corrected chi connectivity index (χ4v) is 2.51. The zero-order chi connectivity index (χ0) is 18.7. The first kappa shape index (κ1) is 17.3. The fourth-order valence-electron chi connectivity index (χ4n) is 2.51. The first-order chi connectivity index (χ1) is 12.5. The van der Waals surface area contributed by atoms with Crippen LogP contribution in [0, 0.1) is 0 Å². The van der Waals surface area contributed by atoms with E-state index in [1.807, 2.05) is 0 Å². The van der Waals surface area contributed by atoms with Crippen molar-refractivity contribution < 1.29 is 14.3 Å². The van der Waals surface area contributed by atoms with Gasteiger partial charge in [-0.1, -0.05) is 6.07 Å². The Labute approximate surface area is 148 Å². The maximum absolute atomic E-state index is 12.4. The second kappa shape index (κ2) is 7.18. The first-order valence-corrected chi connectivity index (χ1v) is 7.85. The van der Waals surface area contributed by atoms with Crippen LogP contribution in [-0.4, -0.2) is 38.3 Å². The summed E-state index contributed by atoms with van der Waals surface area (Å²) >= 11 is 0. The summed E-state index contributed by atoms with van der Waals surface area (Å²) in [5, 5.41) is 7.10. The molecule has 0 fully saturated rings. The van der Waals surface area contributed by atoms with Crippen molar-refractivity contribution in [2.24, 2.45) is 7.05 Å². The highest BCUT2D eigenvalue weighted by atomic mass is 16.5. The second-order valence-electron chi connectivity index (χ2n) is 5.62. The molecule has 1 amide bonds. The molecule has 0 aliphatic heterocycles. The Bertz CT molecular complexity index is 1040. The van der Waals surface area contributed by atoms with Crippen LogP contribution in [0.4, 0.5) is 5.69 Å². The number of methoxy groups -OCH3 is 1. The number of fused-ring (bicyclic) bond motifs is 1. The summed E-state index contributed by atoms with van der Waals surface area (Å²) in [5.74, 6) is -0.770. The number of carbonyl (C=O) groups excluding carboxylic acids is 2. The molecular weight excluding hydrogens is 338 g/mol. The summed E-state index contributed by atoms with van der Waals surface area (Å²) in [7, 11) is 2.99. The summed E-state index contributed by atoms with van der Waals surface area (Å²) in [6.45, 7) is 0.180. The van der Waals surface area contributed by atoms with Crippen molar-refractivity contribution in [1.82, 2.24) is 19.3 Å². The van der Waals surface area contributed by atoms with Gasteiger partial charge in [-0.25, -0.2) is 9.78 Å². The predicted molar refractivity (Wildman–Crippen MR) is 93.8 cm³/mol. The molecule has 1 N–H and O–H groups in total. The van der Waals surface area contributed by atoms with E-state index < -0.39 is 5.97 Å². The number of rotatable bonds is 5. The number of hydrogen-bond acceptors (Lipinski definition) is 6. The van der Waals surface area contributed by atoms with Gasteiger partial charge in [-0.05, 0) is 18.2 Å². The SMILES string of the molecule is COC(=O)c1cccc(NC(=O)CCn2cnc3c(cnn3C)c2=O)c1. The van der Waals surface area contributed by atoms with Crippen molar-refractivity contribution in [2.45, 2.75) is 13.0 Å². The van der Waals surface area contributed by atoms with E-state index >= 15 is 0 Å². The molecule has 0 spiro atoms. The Balaban J connectivity index is 1.67. The Kier molecular flexibility index (Phi) is 4.78. The van der Waals surface area contributed by atoms with E-state index in [4.69, 9.17) is 0 Å². The number of amides is 1. The predicted octanol–water partition coefficient (Wildman–Crippen LogP) is 0.945. The number of ether oxygens (including phenoxy) is 1. The van der Waals surface area contributed by atoms with E-state index in [1.165, 1.54) is 34.9 Å². The lowest BCUT2D eigenvalue weighted by atomic mass is 10.2. The fraction of sp³-hybridized carbons (Fsp3) is 0.235. The summed E-state index contributed by atoms with van der Waals surface area (Å²) < 4.78 is 7.53. The monoisotopic (exact) mass is 355 g/mol. The number of esters is 1. The van der Waals surface area contributed by atoms with E-state index in [0.717, 1.165) is 0 Å². The van der Waals surface area contributed by atoms with Crippen molar-refractivity contribution in [2.75, 3.05) is 12.4 Å². The first-order valence-electron chi connectivity index (χ1n) is 7.85. The molecule has 9 heteroatoms. The van der Waals surface area contributed by atoms with E-state index in [9.17, 15) is 14.4 Å². The molecule has 0 aliphatic rings. The van der Waals surface area contributed by atoms with Gasteiger partial charge in [0.05, 0.1) is 25.2 Å². The van der Waals surface area contributed by atoms with Crippen LogP contribution >= 0.6 is 0 Å². The van der Waals surface area contributed by atoms with Crippen molar-refractivity contribution in [3.05, 3.63) is 52.7 Å². The summed E-state index contributed by atoms with van der Waals surface area (Å²) in [6.07, 6.45) is 2.94. The lowest BCUT2D eigenvalue weighted by molar-refractivity contribution is -0.116. The van der Waals surface area contributed by atoms with Gasteiger partial charge < -0.3 is 10.1 Å². The Morgan fingerprint density at radius 1 is 1.31 bits per heavy atom. The van der Waals surface area contributed by atoms with E-state index in [1.54, 1.807) is 25.2 Å². The molecule has 3 rings (SSSR count). The molecule has 0 bridgehead atoms. The van der Waals surface area contributed by atoms with Gasteiger partial charge in [0.15, 0.2) is 5.65 Å². The minimum atomic E-state index is -0.483. The zero-order valence-electron chi connectivity index (χ0n) is 14.3. The van der Waals surface area contributed by atoms with Gasteiger partial charge in [0.2, 0.25) is 5.91 Å². The summed E-state index contributed by atoms with van der Waals surface area (Å²) in [4.78, 5) is 40.2. The molecule has 0 aliphatic carbocycles. The number of carbonyl (C=O) groups is 2. The highest BCUT2D eigenvalue weighted by molar-refractivity contribution is 5.94. The van der Waals surface area contributed by atoms with Crippen molar-refractivity contribution in [1.29, 1.82) is 0 Å². The number of nitrogens with zero attached hydrogens (tertiary/aromatic N) is 4. The summed E-state index contributed by atoms with van der Waals surface area (Å²) in [5.41, 5.74) is 1.07. The Hall–Kier alpha value is -3.49. The van der Waals surface area contributed by atoms with E-state index in [0.29, 0.717) is 22.3 Å². The number of aryl methyl sites for hydroxylation is 2. The molecule has 0 saturated carbocycles. The van der Waals surface area contributed by atoms with Crippen LogP contribution in [0.3, 0.4) is 0 Å². The van der Waals surface area contributed by atoms with Gasteiger partial charge in [0.1, 0.15) is 5.39 Å². The minimum absolute atomic E-state index is 0.0792. The largest absolute Gasteiger partial charge is 0.465 e. The van der Waals surface area contributed by atoms with Crippen molar-refractivity contribution >= 4 is 28.6 Å². The molecule has 9 nitrogen and oxygen atoms in total. The number of nitrogens with one attached hydrogen (secondary N) is 1. The molecule has 3 aromatic rings. The number of anilines is 1. The number of benzene rings is 1. The lowest BCUT2D eigenvalue weighted by Gasteiger charge is -2.08. The van der Waals surface area contributed by atoms with Gasteiger partial charge in [0.25, 0.3) is 5.56 Å². The smallest absolute Gasteiger partial charge is 0.337 e. The third-order valence-electron chi connectivity index (χ3n) is 3.87. The summed E-state index contributed by atoms with van der Waals surface area (Å²) in [6, 6.07) is 6.43. The molecule has 2 aromatic heterocycles. The average Bonchev–Trinajstić information content (AvgIpc) is 3.02. The molecule has 0 radical (unpaired) electrons. The maximum Gasteiger partial charge on any atom is 0.337 e. The molecule has 1 aromatic carbocycles. The van der Waals surface area contributed by atoms with Gasteiger partial charge in [-0.3, -0.25) is 18.8 Å². The number of aromatic nitrogens is 4. The standard InChI is InChI=1S/C17H17N5O4/c1-21-15-13(9-19-21)16(24)22(10-18-15)7-6-14(23)20-12-5-3-4-11(8-12)17(25)26-2/h3-5,8-10H,6-7H2,1-2H3,(H,20,23). The third kappa shape index (κ3) is 3.46. The highest BCUT2D eigenvalue weighted by Crippen LogP contribution is 2.12. The average molecular weight is 355 g/mol. The number of hydrogen-bond donors (Lipinski definition) is 1. The van der Waals surface area contributed by atoms with E-state index in [2.05, 4.69) is 20.1 Å². The van der Waals surface area contributed by atoms with Gasteiger partial charge in [-0.15, -0.1) is 0 Å². The van der Waals surface area contributed by atoms with Crippen LogP contribution in [0.2, 0.25) is 0 Å². The molecule has 26 heavy (non-hydrogen) atoms. The van der Waals surface area contributed by atoms with E-state index in [-0.39, 0.29) is 24.4 Å². The van der Waals surface area contributed by atoms with Crippen LogP contribution in [0.25, 0.3) is 11.0 Å². The third-order valence-corrected chi connectivity index (χ3v) is 3.87. The van der Waals surface area contributed by atoms with Gasteiger partial charge in [-0.2, -0.15) is 5.10 Å². The maximum atomic E-state index is 12.4. The molecule has 0 atom stereocenters. The molecule has 0 unspecified atom stereocenters. The van der Waals surface area contributed by atoms with Crippen molar-refractivity contribution in [3.63, 3.8) is 0 Å². The van der Waals surface area contributed by atoms with Crippen molar-refractivity contribution in [3.8, 4) is 0 Å². The molecule has 0 saturated heterocycles. The Morgan fingerprint density at radius 2 is 2.12 bits per heavy atom. The van der Waals surface area contributed by atoms with Crippen LogP contribution < -0.4 is 10.9 Å². The van der Waals surface area contributed by atoms with Gasteiger partial charge in [0, 0.05) is 25.7 Å². The van der Waals surface area contributed by atoms with Crippen LogP contribution in [0.5, 0.6) is 0 Å². The minimum Gasteiger partial charge on any atom is -0.465 e. The lowest BCUT2D eigenvalue weighted by Crippen LogP contribution is -2.23. The zero-order valence-corrected chi connectivity index (χ0v) is 14.3. The second-order valence-corrected chi connectivity index (χ2v) is 5.62. The van der Waals surface area contributed by atoms with Crippen LogP contribution in [-0.2, 0) is 23.1 Å². The highest BCUT2D eigenvalue weighted by Gasteiger charge is 2.11. The topological polar surface area (TPSA) is 108 Å². The van der Waals surface area contributed by atoms with Crippen LogP contribution in [0.1, 0.15) is 16.8 Å². The molecular formula is C17H17N5O4. The van der Waals surface area contributed by atoms with Gasteiger partial charge >= 0.3 is 5.97 Å².